The van der Waals surface area contributed by atoms with Crippen molar-refractivity contribution in [3.05, 3.63) is 77.0 Å². The van der Waals surface area contributed by atoms with Crippen LogP contribution in [0.15, 0.2) is 53.1 Å². The maximum Gasteiger partial charge on any atom is 0.224 e. The number of carbonyl (C=O) groups is 1. The molecule has 1 amide bonds. The number of aryl methyl sites for hydroxylation is 2. The number of hydrogen-bond donors (Lipinski definition) is 2. The second-order valence-electron chi connectivity index (χ2n) is 6.21. The van der Waals surface area contributed by atoms with Crippen LogP contribution in [0.5, 0.6) is 0 Å². The molecule has 0 bridgehead atoms. The summed E-state index contributed by atoms with van der Waals surface area (Å²) in [5.41, 5.74) is 3.99. The Bertz CT molecular complexity index is 787. The fourth-order valence-electron chi connectivity index (χ4n) is 3.06. The Kier molecular flexibility index (Phi) is 5.33. The normalized spacial score (nSPS) is 12.1. The van der Waals surface area contributed by atoms with Gasteiger partial charge in [-0.1, -0.05) is 30.3 Å². The lowest BCUT2D eigenvalue weighted by molar-refractivity contribution is -0.120. The molecule has 2 aromatic heterocycles. The van der Waals surface area contributed by atoms with E-state index >= 15 is 0 Å². The molecule has 0 radical (unpaired) electrons. The zero-order valence-corrected chi connectivity index (χ0v) is 14.6. The van der Waals surface area contributed by atoms with Crippen LogP contribution >= 0.6 is 0 Å². The van der Waals surface area contributed by atoms with Crippen molar-refractivity contribution in [1.29, 1.82) is 0 Å². The Morgan fingerprint density at radius 1 is 1.20 bits per heavy atom. The lowest BCUT2D eigenvalue weighted by Crippen LogP contribution is -2.27. The summed E-state index contributed by atoms with van der Waals surface area (Å²) in [4.78, 5) is 12.2. The number of nitrogens with one attached hydrogen (secondary N) is 2. The van der Waals surface area contributed by atoms with Crippen molar-refractivity contribution in [1.82, 2.24) is 15.5 Å². The van der Waals surface area contributed by atoms with E-state index in [-0.39, 0.29) is 11.8 Å². The Balaban J connectivity index is 1.59. The molecule has 0 aliphatic rings. The molecular formula is C20H23N3O2. The van der Waals surface area contributed by atoms with Gasteiger partial charge in [0.25, 0.3) is 0 Å². The highest BCUT2D eigenvalue weighted by atomic mass is 16.3. The molecule has 1 unspecified atom stereocenters. The summed E-state index contributed by atoms with van der Waals surface area (Å²) in [5.74, 6) is 1.06. The second-order valence-corrected chi connectivity index (χ2v) is 6.21. The lowest BCUT2D eigenvalue weighted by atomic mass is 9.93. The van der Waals surface area contributed by atoms with E-state index in [0.29, 0.717) is 13.0 Å². The highest BCUT2D eigenvalue weighted by molar-refractivity contribution is 5.79. The largest absolute Gasteiger partial charge is 0.469 e. The molecule has 0 aliphatic heterocycles. The van der Waals surface area contributed by atoms with Crippen LogP contribution in [0.4, 0.5) is 0 Å². The number of rotatable bonds is 7. The molecule has 2 heterocycles. The zero-order chi connectivity index (χ0) is 17.6. The van der Waals surface area contributed by atoms with Gasteiger partial charge in [0.05, 0.1) is 18.4 Å². The number of amides is 1. The molecule has 5 heteroatoms. The Hall–Kier alpha value is -2.82. The van der Waals surface area contributed by atoms with Crippen LogP contribution in [0.25, 0.3) is 0 Å². The van der Waals surface area contributed by atoms with Gasteiger partial charge in [0.1, 0.15) is 5.76 Å². The van der Waals surface area contributed by atoms with Crippen LogP contribution in [0.2, 0.25) is 0 Å². The minimum atomic E-state index is 0.0128. The van der Waals surface area contributed by atoms with Gasteiger partial charge in [-0.2, -0.15) is 5.10 Å². The first-order chi connectivity index (χ1) is 12.1. The average molecular weight is 337 g/mol. The Morgan fingerprint density at radius 3 is 2.64 bits per heavy atom. The van der Waals surface area contributed by atoms with Crippen LogP contribution < -0.4 is 5.32 Å². The Labute approximate surface area is 147 Å². The molecular weight excluding hydrogens is 314 g/mol. The van der Waals surface area contributed by atoms with Gasteiger partial charge in [-0.15, -0.1) is 0 Å². The lowest BCUT2D eigenvalue weighted by Gasteiger charge is -2.15. The summed E-state index contributed by atoms with van der Waals surface area (Å²) in [7, 11) is 0. The van der Waals surface area contributed by atoms with Gasteiger partial charge in [-0.05, 0) is 38.0 Å². The minimum Gasteiger partial charge on any atom is -0.469 e. The van der Waals surface area contributed by atoms with Crippen LogP contribution in [0.3, 0.4) is 0 Å². The quantitative estimate of drug-likeness (QED) is 0.693. The Morgan fingerprint density at radius 2 is 2.00 bits per heavy atom. The molecule has 3 aromatic rings. The van der Waals surface area contributed by atoms with E-state index in [1.54, 1.807) is 6.26 Å². The highest BCUT2D eigenvalue weighted by Gasteiger charge is 2.17. The van der Waals surface area contributed by atoms with Crippen molar-refractivity contribution < 1.29 is 9.21 Å². The third kappa shape index (κ3) is 4.18. The molecule has 0 spiro atoms. The van der Waals surface area contributed by atoms with Crippen molar-refractivity contribution >= 4 is 5.91 Å². The monoisotopic (exact) mass is 337 g/mol. The van der Waals surface area contributed by atoms with Crippen LogP contribution in [0, 0.1) is 13.8 Å². The van der Waals surface area contributed by atoms with Crippen LogP contribution in [-0.2, 0) is 11.2 Å². The smallest absolute Gasteiger partial charge is 0.224 e. The molecule has 2 N–H and O–H groups in total. The molecule has 3 rings (SSSR count). The first kappa shape index (κ1) is 17.0. The number of furan rings is 1. The molecule has 130 valence electrons. The molecule has 1 aromatic carbocycles. The van der Waals surface area contributed by atoms with Crippen molar-refractivity contribution in [2.24, 2.45) is 0 Å². The van der Waals surface area contributed by atoms with Gasteiger partial charge in [0, 0.05) is 23.7 Å². The standard InChI is InChI=1S/C20H23N3O2/c1-14-18(15(2)23-22-14)13-20(24)21-11-10-17(19-9-6-12-25-19)16-7-4-3-5-8-16/h3-9,12,17H,10-11,13H2,1-2H3,(H,21,24)(H,22,23). The van der Waals surface area contributed by atoms with Crippen LogP contribution in [0.1, 0.15) is 40.6 Å². The van der Waals surface area contributed by atoms with Crippen molar-refractivity contribution in [3.8, 4) is 0 Å². The summed E-state index contributed by atoms with van der Waals surface area (Å²) in [6.45, 7) is 4.44. The van der Waals surface area contributed by atoms with E-state index < -0.39 is 0 Å². The third-order valence-corrected chi connectivity index (χ3v) is 4.46. The van der Waals surface area contributed by atoms with Gasteiger partial charge in [-0.3, -0.25) is 9.89 Å². The molecule has 1 atom stereocenters. The molecule has 0 saturated heterocycles. The number of hydrogen-bond acceptors (Lipinski definition) is 3. The topological polar surface area (TPSA) is 70.9 Å². The number of carbonyl (C=O) groups excluding carboxylic acids is 1. The van der Waals surface area contributed by atoms with Gasteiger partial charge >= 0.3 is 0 Å². The zero-order valence-electron chi connectivity index (χ0n) is 14.6. The number of H-pyrrole nitrogens is 1. The number of aromatic amines is 1. The summed E-state index contributed by atoms with van der Waals surface area (Å²) in [5, 5.41) is 10.1. The summed E-state index contributed by atoms with van der Waals surface area (Å²) in [6.07, 6.45) is 2.83. The number of aromatic nitrogens is 2. The van der Waals surface area contributed by atoms with E-state index in [0.717, 1.165) is 29.1 Å². The number of benzene rings is 1. The third-order valence-electron chi connectivity index (χ3n) is 4.46. The molecule has 25 heavy (non-hydrogen) atoms. The van der Waals surface area contributed by atoms with E-state index in [4.69, 9.17) is 4.42 Å². The maximum absolute atomic E-state index is 12.2. The molecule has 0 aliphatic carbocycles. The van der Waals surface area contributed by atoms with Crippen LogP contribution in [-0.4, -0.2) is 22.6 Å². The minimum absolute atomic E-state index is 0.0128. The highest BCUT2D eigenvalue weighted by Crippen LogP contribution is 2.27. The maximum atomic E-state index is 12.2. The van der Waals surface area contributed by atoms with Crippen molar-refractivity contribution in [3.63, 3.8) is 0 Å². The van der Waals surface area contributed by atoms with Crippen molar-refractivity contribution in [2.45, 2.75) is 32.6 Å². The van der Waals surface area contributed by atoms with E-state index in [1.165, 1.54) is 5.56 Å². The SMILES string of the molecule is Cc1n[nH]c(C)c1CC(=O)NCCC(c1ccccc1)c1ccco1. The summed E-state index contributed by atoms with van der Waals surface area (Å²) < 4.78 is 5.60. The first-order valence-electron chi connectivity index (χ1n) is 8.50. The van der Waals surface area contributed by atoms with Gasteiger partial charge in [-0.25, -0.2) is 0 Å². The molecule has 0 fully saturated rings. The predicted octanol–water partition coefficient (Wildman–Crippen LogP) is 3.50. The summed E-state index contributed by atoms with van der Waals surface area (Å²) >= 11 is 0. The fourth-order valence-corrected chi connectivity index (χ4v) is 3.06. The van der Waals surface area contributed by atoms with E-state index in [1.807, 2.05) is 44.2 Å². The first-order valence-corrected chi connectivity index (χ1v) is 8.50. The van der Waals surface area contributed by atoms with Gasteiger partial charge < -0.3 is 9.73 Å². The second kappa shape index (κ2) is 7.83. The number of nitrogens with zero attached hydrogens (tertiary/aromatic N) is 1. The van der Waals surface area contributed by atoms with Crippen molar-refractivity contribution in [2.75, 3.05) is 6.54 Å². The van der Waals surface area contributed by atoms with Gasteiger partial charge in [0.15, 0.2) is 0 Å². The molecule has 0 saturated carbocycles. The molecule has 5 nitrogen and oxygen atoms in total. The average Bonchev–Trinajstić information content (AvgIpc) is 3.25. The van der Waals surface area contributed by atoms with E-state index in [2.05, 4.69) is 27.6 Å². The fraction of sp³-hybridized carbons (Fsp3) is 0.300. The van der Waals surface area contributed by atoms with Gasteiger partial charge in [0.2, 0.25) is 5.91 Å². The van der Waals surface area contributed by atoms with E-state index in [9.17, 15) is 4.79 Å². The summed E-state index contributed by atoms with van der Waals surface area (Å²) in [6, 6.07) is 14.1. The predicted molar refractivity (Wildman–Crippen MR) is 96.4 cm³/mol.